The molecule has 1 aliphatic heterocycles. The summed E-state index contributed by atoms with van der Waals surface area (Å²) in [4.78, 5) is 15.9. The Kier molecular flexibility index (Phi) is 2.59. The summed E-state index contributed by atoms with van der Waals surface area (Å²) in [6.45, 7) is 5.37. The van der Waals surface area contributed by atoms with E-state index in [-0.39, 0.29) is 5.56 Å². The van der Waals surface area contributed by atoms with Crippen LogP contribution in [0.15, 0.2) is 18.2 Å². The summed E-state index contributed by atoms with van der Waals surface area (Å²) >= 11 is 0. The normalized spacial score (nSPS) is 18.8. The topological polar surface area (TPSA) is 60.4 Å². The van der Waals surface area contributed by atoms with E-state index in [1.165, 1.54) is 11.3 Å². The second-order valence-corrected chi connectivity index (χ2v) is 4.88. The molecule has 1 atom stereocenters. The Morgan fingerprint density at radius 1 is 1.50 bits per heavy atom. The number of aromatic nitrogens is 1. The molecule has 4 nitrogen and oxygen atoms in total. The number of quaternary nitrogens is 1. The van der Waals surface area contributed by atoms with Gasteiger partial charge in [0.2, 0.25) is 0 Å². The Labute approximate surface area is 105 Å². The summed E-state index contributed by atoms with van der Waals surface area (Å²) in [7, 11) is 0. The number of H-pyrrole nitrogens is 1. The number of hydrogen-bond acceptors (Lipinski definition) is 2. The molecule has 1 aromatic carbocycles. The molecule has 0 amide bonds. The lowest BCUT2D eigenvalue weighted by atomic mass is 10.0. The summed E-state index contributed by atoms with van der Waals surface area (Å²) in [5.41, 5.74) is 3.45. The standard InChI is InChI=1S/C14H16N2O2/c1-2-16-7-6-12-11(8-16)9-4-3-5-10(14(17)18)13(9)15-12/h3-5,15H,2,6-8H2,1H3,(H,17,18). The molecule has 4 heteroatoms. The third-order valence-electron chi connectivity index (χ3n) is 3.90. The number of benzene rings is 1. The third-order valence-corrected chi connectivity index (χ3v) is 3.90. The molecule has 2 N–H and O–H groups in total. The number of carboxylic acids is 1. The van der Waals surface area contributed by atoms with Crippen molar-refractivity contribution in [1.29, 1.82) is 0 Å². The summed E-state index contributed by atoms with van der Waals surface area (Å²) < 4.78 is 0. The van der Waals surface area contributed by atoms with E-state index in [0.29, 0.717) is 0 Å². The average molecular weight is 244 g/mol. The number of likely N-dealkylation sites (N-methyl/N-ethyl adjacent to an activating group) is 1. The molecule has 0 bridgehead atoms. The Bertz CT molecular complexity index is 616. The van der Waals surface area contributed by atoms with Crippen LogP contribution >= 0.6 is 0 Å². The highest BCUT2D eigenvalue weighted by atomic mass is 16.4. The van der Waals surface area contributed by atoms with Gasteiger partial charge in [0.25, 0.3) is 0 Å². The van der Waals surface area contributed by atoms with Crippen LogP contribution in [0.3, 0.4) is 0 Å². The van der Waals surface area contributed by atoms with Crippen LogP contribution in [0.25, 0.3) is 10.9 Å². The van der Waals surface area contributed by atoms with Crippen LogP contribution in [0.4, 0.5) is 0 Å². The number of aromatic carboxylic acids is 1. The van der Waals surface area contributed by atoms with Gasteiger partial charge < -0.3 is 19.8 Å². The molecule has 0 saturated carbocycles. The number of para-hydroxylation sites is 1. The zero-order valence-corrected chi connectivity index (χ0v) is 10.4. The van der Waals surface area contributed by atoms with Crippen LogP contribution in [0.5, 0.6) is 0 Å². The predicted molar refractivity (Wildman–Crippen MR) is 66.4 cm³/mol. The van der Waals surface area contributed by atoms with Crippen LogP contribution in [0.1, 0.15) is 28.5 Å². The maximum absolute atomic E-state index is 11.1. The van der Waals surface area contributed by atoms with E-state index < -0.39 is 5.97 Å². The number of rotatable bonds is 2. The summed E-state index contributed by atoms with van der Waals surface area (Å²) in [5.74, 6) is -1.11. The van der Waals surface area contributed by atoms with E-state index in [9.17, 15) is 9.90 Å². The molecule has 2 heterocycles. The van der Waals surface area contributed by atoms with Crippen LogP contribution in [0.2, 0.25) is 0 Å². The second-order valence-electron chi connectivity index (χ2n) is 4.88. The fourth-order valence-corrected chi connectivity index (χ4v) is 2.85. The van der Waals surface area contributed by atoms with Crippen molar-refractivity contribution in [3.05, 3.63) is 35.0 Å². The highest BCUT2D eigenvalue weighted by molar-refractivity contribution is 6.02. The molecule has 94 valence electrons. The molecular weight excluding hydrogens is 228 g/mol. The van der Waals surface area contributed by atoms with E-state index in [4.69, 9.17) is 0 Å². The van der Waals surface area contributed by atoms with Gasteiger partial charge in [-0.3, -0.25) is 0 Å². The number of carbonyl (C=O) groups is 1. The fourth-order valence-electron chi connectivity index (χ4n) is 2.85. The van der Waals surface area contributed by atoms with Crippen molar-refractivity contribution < 1.29 is 14.8 Å². The first-order valence-electron chi connectivity index (χ1n) is 6.38. The van der Waals surface area contributed by atoms with Crippen molar-refractivity contribution in [2.24, 2.45) is 0 Å². The predicted octanol–water partition coefficient (Wildman–Crippen LogP) is -0.508. The second kappa shape index (κ2) is 4.14. The third kappa shape index (κ3) is 1.61. The van der Waals surface area contributed by atoms with Gasteiger partial charge >= 0.3 is 0 Å². The highest BCUT2D eigenvalue weighted by Gasteiger charge is 2.23. The lowest BCUT2D eigenvalue weighted by Gasteiger charge is -2.22. The minimum absolute atomic E-state index is 0.264. The van der Waals surface area contributed by atoms with E-state index in [1.807, 2.05) is 6.07 Å². The average Bonchev–Trinajstić information content (AvgIpc) is 2.75. The van der Waals surface area contributed by atoms with Crippen molar-refractivity contribution in [1.82, 2.24) is 4.98 Å². The number of fused-ring (bicyclic) bond motifs is 3. The van der Waals surface area contributed by atoms with Gasteiger partial charge in [0.05, 0.1) is 24.6 Å². The Morgan fingerprint density at radius 2 is 2.33 bits per heavy atom. The van der Waals surface area contributed by atoms with Gasteiger partial charge in [0.1, 0.15) is 6.54 Å². The minimum Gasteiger partial charge on any atom is -0.545 e. The van der Waals surface area contributed by atoms with E-state index in [0.717, 1.165) is 37.0 Å². The largest absolute Gasteiger partial charge is 0.545 e. The molecule has 18 heavy (non-hydrogen) atoms. The summed E-state index contributed by atoms with van der Waals surface area (Å²) in [6, 6.07) is 5.39. The van der Waals surface area contributed by atoms with Crippen molar-refractivity contribution in [3.63, 3.8) is 0 Å². The van der Waals surface area contributed by atoms with Crippen molar-refractivity contribution in [2.75, 3.05) is 13.1 Å². The van der Waals surface area contributed by atoms with Crippen LogP contribution < -0.4 is 10.0 Å². The Hall–Kier alpha value is -1.81. The molecule has 1 aliphatic rings. The first kappa shape index (κ1) is 11.3. The first-order valence-corrected chi connectivity index (χ1v) is 6.38. The Balaban J connectivity index is 2.19. The molecule has 0 radical (unpaired) electrons. The lowest BCUT2D eigenvalue weighted by Crippen LogP contribution is -3.11. The summed E-state index contributed by atoms with van der Waals surface area (Å²) in [6.07, 6.45) is 0.986. The minimum atomic E-state index is -1.11. The van der Waals surface area contributed by atoms with Crippen molar-refractivity contribution in [2.45, 2.75) is 19.9 Å². The molecular formula is C14H16N2O2. The Morgan fingerprint density at radius 3 is 3.06 bits per heavy atom. The van der Waals surface area contributed by atoms with Crippen LogP contribution in [0, 0.1) is 0 Å². The zero-order valence-electron chi connectivity index (χ0n) is 10.4. The molecule has 0 spiro atoms. The van der Waals surface area contributed by atoms with E-state index >= 15 is 0 Å². The number of aromatic amines is 1. The first-order chi connectivity index (χ1) is 8.70. The molecule has 0 aliphatic carbocycles. The molecule has 3 rings (SSSR count). The SMILES string of the molecule is CC[NH+]1CCc2[nH]c3c(C(=O)[O-])cccc3c2C1. The molecule has 0 fully saturated rings. The number of carboxylic acid groups (broad SMARTS) is 1. The van der Waals surface area contributed by atoms with Crippen molar-refractivity contribution in [3.8, 4) is 0 Å². The maximum Gasteiger partial charge on any atom is 0.105 e. The van der Waals surface area contributed by atoms with Crippen LogP contribution in [-0.4, -0.2) is 24.0 Å². The van der Waals surface area contributed by atoms with Gasteiger partial charge in [-0.05, 0) is 6.92 Å². The summed E-state index contributed by atoms with van der Waals surface area (Å²) in [5, 5.41) is 12.2. The van der Waals surface area contributed by atoms with Gasteiger partial charge in [-0.1, -0.05) is 18.2 Å². The zero-order chi connectivity index (χ0) is 12.7. The van der Waals surface area contributed by atoms with E-state index in [2.05, 4.69) is 11.9 Å². The number of hydrogen-bond donors (Lipinski definition) is 2. The van der Waals surface area contributed by atoms with Gasteiger partial charge in [-0.2, -0.15) is 0 Å². The number of nitrogens with one attached hydrogen (secondary N) is 2. The van der Waals surface area contributed by atoms with Crippen molar-refractivity contribution >= 4 is 16.9 Å². The van der Waals surface area contributed by atoms with Crippen LogP contribution in [-0.2, 0) is 13.0 Å². The fraction of sp³-hybridized carbons (Fsp3) is 0.357. The highest BCUT2D eigenvalue weighted by Crippen LogP contribution is 2.26. The van der Waals surface area contributed by atoms with Gasteiger partial charge in [-0.25, -0.2) is 0 Å². The quantitative estimate of drug-likeness (QED) is 0.747. The molecule has 1 unspecified atom stereocenters. The van der Waals surface area contributed by atoms with Gasteiger partial charge in [-0.15, -0.1) is 0 Å². The maximum atomic E-state index is 11.1. The molecule has 2 aromatic rings. The molecule has 1 aromatic heterocycles. The van der Waals surface area contributed by atoms with Gasteiger partial charge in [0, 0.05) is 28.6 Å². The smallest absolute Gasteiger partial charge is 0.105 e. The van der Waals surface area contributed by atoms with Gasteiger partial charge in [0.15, 0.2) is 0 Å². The number of carbonyl (C=O) groups excluding carboxylic acids is 1. The monoisotopic (exact) mass is 244 g/mol. The molecule has 0 saturated heterocycles. The lowest BCUT2D eigenvalue weighted by molar-refractivity contribution is -0.914. The van der Waals surface area contributed by atoms with E-state index in [1.54, 1.807) is 17.0 Å².